The first-order chi connectivity index (χ1) is 7.81. The minimum atomic E-state index is 0.469. The van der Waals surface area contributed by atoms with Crippen LogP contribution in [0.15, 0.2) is 53.3 Å². The van der Waals surface area contributed by atoms with Gasteiger partial charge in [0.25, 0.3) is 0 Å². The zero-order chi connectivity index (χ0) is 11.4. The van der Waals surface area contributed by atoms with Gasteiger partial charge in [0.05, 0.1) is 0 Å². The third-order valence-corrected chi connectivity index (χ3v) is 3.32. The second kappa shape index (κ2) is 5.26. The summed E-state index contributed by atoms with van der Waals surface area (Å²) in [6, 6.07) is 12.7. The summed E-state index contributed by atoms with van der Waals surface area (Å²) in [5.41, 5.74) is 2.69. The van der Waals surface area contributed by atoms with Gasteiger partial charge in [-0.3, -0.25) is 4.98 Å². The molecular formula is C14H14BrN. The number of hydrogen-bond donors (Lipinski definition) is 0. The summed E-state index contributed by atoms with van der Waals surface area (Å²) in [4.78, 5) is 4.06. The molecule has 1 nitrogen and oxygen atoms in total. The van der Waals surface area contributed by atoms with Crippen molar-refractivity contribution in [1.82, 2.24) is 4.98 Å². The summed E-state index contributed by atoms with van der Waals surface area (Å²) in [6.07, 6.45) is 4.82. The van der Waals surface area contributed by atoms with Crippen molar-refractivity contribution in [3.8, 4) is 0 Å². The topological polar surface area (TPSA) is 12.9 Å². The van der Waals surface area contributed by atoms with Gasteiger partial charge in [-0.2, -0.15) is 0 Å². The molecule has 0 saturated carbocycles. The molecule has 0 amide bonds. The number of hydrogen-bond acceptors (Lipinski definition) is 1. The Kier molecular flexibility index (Phi) is 3.73. The third-order valence-electron chi connectivity index (χ3n) is 2.79. The van der Waals surface area contributed by atoms with E-state index in [2.05, 4.69) is 64.2 Å². The van der Waals surface area contributed by atoms with E-state index in [0.29, 0.717) is 5.92 Å². The standard InChI is InChI=1S/C14H14BrN/c1-2-14(12-7-9-16-10-8-12)11-3-5-13(15)6-4-11/h3-10,14H,2H2,1H3. The SMILES string of the molecule is CCC(c1ccncc1)c1ccc(Br)cc1. The van der Waals surface area contributed by atoms with E-state index in [1.165, 1.54) is 11.1 Å². The summed E-state index contributed by atoms with van der Waals surface area (Å²) in [5, 5.41) is 0. The lowest BCUT2D eigenvalue weighted by Gasteiger charge is -2.15. The number of nitrogens with zero attached hydrogens (tertiary/aromatic N) is 1. The van der Waals surface area contributed by atoms with Crippen molar-refractivity contribution in [3.05, 3.63) is 64.4 Å². The summed E-state index contributed by atoms with van der Waals surface area (Å²) >= 11 is 3.46. The molecule has 0 aliphatic heterocycles. The van der Waals surface area contributed by atoms with Crippen LogP contribution in [0.3, 0.4) is 0 Å². The highest BCUT2D eigenvalue weighted by Gasteiger charge is 2.11. The van der Waals surface area contributed by atoms with Gasteiger partial charge in [0.1, 0.15) is 0 Å². The molecule has 0 spiro atoms. The smallest absolute Gasteiger partial charge is 0.0270 e. The van der Waals surface area contributed by atoms with Gasteiger partial charge in [0.15, 0.2) is 0 Å². The Morgan fingerprint density at radius 2 is 1.56 bits per heavy atom. The van der Waals surface area contributed by atoms with Crippen LogP contribution in [-0.2, 0) is 0 Å². The van der Waals surface area contributed by atoms with Crippen LogP contribution in [0.5, 0.6) is 0 Å². The highest BCUT2D eigenvalue weighted by atomic mass is 79.9. The highest BCUT2D eigenvalue weighted by Crippen LogP contribution is 2.28. The molecule has 0 N–H and O–H groups in total. The van der Waals surface area contributed by atoms with E-state index in [9.17, 15) is 0 Å². The van der Waals surface area contributed by atoms with Gasteiger partial charge in [-0.15, -0.1) is 0 Å². The molecule has 1 unspecified atom stereocenters. The van der Waals surface area contributed by atoms with Crippen LogP contribution in [0.4, 0.5) is 0 Å². The lowest BCUT2D eigenvalue weighted by molar-refractivity contribution is 0.775. The van der Waals surface area contributed by atoms with E-state index in [0.717, 1.165) is 10.9 Å². The predicted octanol–water partition coefficient (Wildman–Crippen LogP) is 4.39. The second-order valence-electron chi connectivity index (χ2n) is 3.79. The van der Waals surface area contributed by atoms with Crippen LogP contribution in [0, 0.1) is 0 Å². The molecule has 0 aliphatic carbocycles. The molecule has 16 heavy (non-hydrogen) atoms. The molecule has 0 bridgehead atoms. The van der Waals surface area contributed by atoms with Crippen LogP contribution in [0.25, 0.3) is 0 Å². The van der Waals surface area contributed by atoms with Crippen molar-refractivity contribution in [3.63, 3.8) is 0 Å². The van der Waals surface area contributed by atoms with Crippen LogP contribution < -0.4 is 0 Å². The fourth-order valence-electron chi connectivity index (χ4n) is 1.95. The third kappa shape index (κ3) is 2.50. The Bertz CT molecular complexity index is 436. The van der Waals surface area contributed by atoms with Crippen LogP contribution in [-0.4, -0.2) is 4.98 Å². The fourth-order valence-corrected chi connectivity index (χ4v) is 2.22. The molecule has 82 valence electrons. The van der Waals surface area contributed by atoms with E-state index in [-0.39, 0.29) is 0 Å². The van der Waals surface area contributed by atoms with Crippen LogP contribution >= 0.6 is 15.9 Å². The van der Waals surface area contributed by atoms with Gasteiger partial charge in [-0.25, -0.2) is 0 Å². The maximum atomic E-state index is 4.06. The normalized spacial score (nSPS) is 12.4. The molecular weight excluding hydrogens is 262 g/mol. The van der Waals surface area contributed by atoms with Crippen molar-refractivity contribution in [2.75, 3.05) is 0 Å². The van der Waals surface area contributed by atoms with Gasteiger partial charge >= 0.3 is 0 Å². The Morgan fingerprint density at radius 1 is 1.00 bits per heavy atom. The Balaban J connectivity index is 2.33. The summed E-state index contributed by atoms with van der Waals surface area (Å²) in [6.45, 7) is 2.22. The van der Waals surface area contributed by atoms with Gasteiger partial charge in [-0.05, 0) is 41.8 Å². The average Bonchev–Trinajstić information content (AvgIpc) is 2.34. The highest BCUT2D eigenvalue weighted by molar-refractivity contribution is 9.10. The summed E-state index contributed by atoms with van der Waals surface area (Å²) < 4.78 is 1.13. The van der Waals surface area contributed by atoms with E-state index in [1.54, 1.807) is 0 Å². The molecule has 0 fully saturated rings. The van der Waals surface area contributed by atoms with E-state index in [4.69, 9.17) is 0 Å². The molecule has 1 aromatic carbocycles. The first-order valence-electron chi connectivity index (χ1n) is 5.46. The lowest BCUT2D eigenvalue weighted by Crippen LogP contribution is -1.99. The number of halogens is 1. The molecule has 1 atom stereocenters. The molecule has 1 aromatic heterocycles. The fraction of sp³-hybridized carbons (Fsp3) is 0.214. The van der Waals surface area contributed by atoms with Crippen LogP contribution in [0.1, 0.15) is 30.4 Å². The largest absolute Gasteiger partial charge is 0.265 e. The quantitative estimate of drug-likeness (QED) is 0.810. The van der Waals surface area contributed by atoms with Crippen molar-refractivity contribution < 1.29 is 0 Å². The molecule has 2 aromatic rings. The average molecular weight is 276 g/mol. The van der Waals surface area contributed by atoms with Gasteiger partial charge < -0.3 is 0 Å². The van der Waals surface area contributed by atoms with Gasteiger partial charge in [-0.1, -0.05) is 35.0 Å². The van der Waals surface area contributed by atoms with E-state index < -0.39 is 0 Å². The number of aromatic nitrogens is 1. The minimum Gasteiger partial charge on any atom is -0.265 e. The summed E-state index contributed by atoms with van der Waals surface area (Å²) in [7, 11) is 0. The first kappa shape index (κ1) is 11.3. The number of pyridine rings is 1. The molecule has 2 heteroatoms. The Labute approximate surface area is 105 Å². The number of rotatable bonds is 3. The molecule has 0 aliphatic rings. The summed E-state index contributed by atoms with van der Waals surface area (Å²) in [5.74, 6) is 0.469. The first-order valence-corrected chi connectivity index (χ1v) is 6.26. The Morgan fingerprint density at radius 3 is 2.12 bits per heavy atom. The minimum absolute atomic E-state index is 0.469. The van der Waals surface area contributed by atoms with E-state index in [1.807, 2.05) is 12.4 Å². The predicted molar refractivity (Wildman–Crippen MR) is 70.5 cm³/mol. The van der Waals surface area contributed by atoms with Crippen molar-refractivity contribution in [2.45, 2.75) is 19.3 Å². The maximum Gasteiger partial charge on any atom is 0.0270 e. The van der Waals surface area contributed by atoms with Gasteiger partial charge in [0, 0.05) is 22.8 Å². The van der Waals surface area contributed by atoms with Crippen molar-refractivity contribution >= 4 is 15.9 Å². The zero-order valence-electron chi connectivity index (χ0n) is 9.23. The number of benzene rings is 1. The monoisotopic (exact) mass is 275 g/mol. The second-order valence-corrected chi connectivity index (χ2v) is 4.71. The molecule has 1 heterocycles. The maximum absolute atomic E-state index is 4.06. The van der Waals surface area contributed by atoms with Gasteiger partial charge in [0.2, 0.25) is 0 Å². The van der Waals surface area contributed by atoms with E-state index >= 15 is 0 Å². The van der Waals surface area contributed by atoms with Crippen LogP contribution in [0.2, 0.25) is 0 Å². The lowest BCUT2D eigenvalue weighted by atomic mass is 9.90. The molecule has 2 rings (SSSR count). The Hall–Kier alpha value is -1.15. The zero-order valence-corrected chi connectivity index (χ0v) is 10.8. The van der Waals surface area contributed by atoms with Crippen molar-refractivity contribution in [1.29, 1.82) is 0 Å². The molecule has 0 radical (unpaired) electrons. The van der Waals surface area contributed by atoms with Crippen molar-refractivity contribution in [2.24, 2.45) is 0 Å². The molecule has 0 saturated heterocycles.